The predicted octanol–water partition coefficient (Wildman–Crippen LogP) is 2.96. The zero-order valence-electron chi connectivity index (χ0n) is 10.9. The number of nitrogens with one attached hydrogen (secondary N) is 1. The van der Waals surface area contributed by atoms with Crippen LogP contribution in [0.4, 0.5) is 5.69 Å². The van der Waals surface area contributed by atoms with E-state index in [9.17, 15) is 0 Å². The predicted molar refractivity (Wildman–Crippen MR) is 72.4 cm³/mol. The molecule has 1 saturated heterocycles. The molecule has 3 rings (SSSR count). The molecule has 1 aliphatic carbocycles. The lowest BCUT2D eigenvalue weighted by Crippen LogP contribution is -2.59. The summed E-state index contributed by atoms with van der Waals surface area (Å²) >= 11 is 0. The first-order chi connectivity index (χ1) is 8.22. The molecule has 1 N–H and O–H groups in total. The molecule has 1 aromatic rings. The number of anilines is 1. The third-order valence-corrected chi connectivity index (χ3v) is 4.64. The van der Waals surface area contributed by atoms with Crippen molar-refractivity contribution in [3.8, 4) is 0 Å². The minimum atomic E-state index is 0.439. The third-order valence-electron chi connectivity index (χ3n) is 4.64. The lowest BCUT2D eigenvalue weighted by Gasteiger charge is -2.57. The summed E-state index contributed by atoms with van der Waals surface area (Å²) in [5.74, 6) is 0. The van der Waals surface area contributed by atoms with Crippen LogP contribution < -0.4 is 10.2 Å². The van der Waals surface area contributed by atoms with Gasteiger partial charge in [0.15, 0.2) is 0 Å². The third kappa shape index (κ3) is 1.85. The molecule has 1 heterocycles. The van der Waals surface area contributed by atoms with E-state index in [0.29, 0.717) is 11.5 Å². The fourth-order valence-corrected chi connectivity index (χ4v) is 3.10. The van der Waals surface area contributed by atoms with E-state index in [1.807, 2.05) is 7.05 Å². The molecule has 0 aromatic heterocycles. The molecule has 1 unspecified atom stereocenters. The molecule has 1 atom stereocenters. The van der Waals surface area contributed by atoms with E-state index in [2.05, 4.69) is 41.4 Å². The summed E-state index contributed by atoms with van der Waals surface area (Å²) in [6.07, 6.45) is 4.36. The maximum absolute atomic E-state index is 3.30. The largest absolute Gasteiger partial charge is 0.370 e. The molecule has 2 heteroatoms. The van der Waals surface area contributed by atoms with Crippen LogP contribution in [0.1, 0.15) is 37.8 Å². The monoisotopic (exact) mass is 230 g/mol. The molecule has 2 aliphatic rings. The first-order valence-electron chi connectivity index (χ1n) is 6.75. The highest BCUT2D eigenvalue weighted by Crippen LogP contribution is 2.49. The molecule has 0 amide bonds. The molecule has 0 radical (unpaired) electrons. The van der Waals surface area contributed by atoms with Crippen molar-refractivity contribution in [1.82, 2.24) is 5.32 Å². The fourth-order valence-electron chi connectivity index (χ4n) is 3.10. The SMILES string of the molecule is CNC(C)c1cccc(N2CC3(CCC3)C2)c1. The Kier molecular flexibility index (Phi) is 2.62. The highest BCUT2D eigenvalue weighted by molar-refractivity contribution is 5.52. The molecule has 17 heavy (non-hydrogen) atoms. The summed E-state index contributed by atoms with van der Waals surface area (Å²) in [5.41, 5.74) is 3.51. The second kappa shape index (κ2) is 4.02. The molecule has 2 fully saturated rings. The van der Waals surface area contributed by atoms with Crippen molar-refractivity contribution >= 4 is 5.69 Å². The first-order valence-corrected chi connectivity index (χ1v) is 6.75. The maximum atomic E-state index is 3.30. The quantitative estimate of drug-likeness (QED) is 0.859. The Bertz CT molecular complexity index is 401. The Morgan fingerprint density at radius 1 is 1.29 bits per heavy atom. The highest BCUT2D eigenvalue weighted by Gasteiger charge is 2.47. The molecular weight excluding hydrogens is 208 g/mol. The van der Waals surface area contributed by atoms with Gasteiger partial charge in [-0.1, -0.05) is 18.6 Å². The summed E-state index contributed by atoms with van der Waals surface area (Å²) in [6.45, 7) is 4.78. The van der Waals surface area contributed by atoms with E-state index in [1.165, 1.54) is 43.6 Å². The summed E-state index contributed by atoms with van der Waals surface area (Å²) in [6, 6.07) is 9.42. The summed E-state index contributed by atoms with van der Waals surface area (Å²) in [7, 11) is 2.02. The Morgan fingerprint density at radius 2 is 2.06 bits per heavy atom. The van der Waals surface area contributed by atoms with Gasteiger partial charge < -0.3 is 10.2 Å². The molecule has 1 aromatic carbocycles. The van der Waals surface area contributed by atoms with Crippen LogP contribution in [0.15, 0.2) is 24.3 Å². The fraction of sp³-hybridized carbons (Fsp3) is 0.600. The number of benzene rings is 1. The Morgan fingerprint density at radius 3 is 2.65 bits per heavy atom. The van der Waals surface area contributed by atoms with E-state index in [0.717, 1.165) is 0 Å². The van der Waals surface area contributed by atoms with Gasteiger partial charge in [0.25, 0.3) is 0 Å². The van der Waals surface area contributed by atoms with Crippen molar-refractivity contribution in [2.24, 2.45) is 5.41 Å². The van der Waals surface area contributed by atoms with Gasteiger partial charge in [0.05, 0.1) is 0 Å². The van der Waals surface area contributed by atoms with Crippen LogP contribution in [-0.4, -0.2) is 20.1 Å². The maximum Gasteiger partial charge on any atom is 0.0369 e. The highest BCUT2D eigenvalue weighted by atomic mass is 15.2. The normalized spacial score (nSPS) is 23.1. The van der Waals surface area contributed by atoms with Crippen LogP contribution in [0, 0.1) is 5.41 Å². The van der Waals surface area contributed by atoms with E-state index in [1.54, 1.807) is 0 Å². The van der Waals surface area contributed by atoms with Crippen LogP contribution in [0.5, 0.6) is 0 Å². The van der Waals surface area contributed by atoms with Crippen molar-refractivity contribution in [3.05, 3.63) is 29.8 Å². The second-order valence-electron chi connectivity index (χ2n) is 5.81. The van der Waals surface area contributed by atoms with Gasteiger partial charge in [0.1, 0.15) is 0 Å². The molecule has 0 bridgehead atoms. The number of hydrogen-bond acceptors (Lipinski definition) is 2. The van der Waals surface area contributed by atoms with Gasteiger partial charge >= 0.3 is 0 Å². The van der Waals surface area contributed by atoms with Gasteiger partial charge in [0.2, 0.25) is 0 Å². The topological polar surface area (TPSA) is 15.3 Å². The van der Waals surface area contributed by atoms with E-state index < -0.39 is 0 Å². The second-order valence-corrected chi connectivity index (χ2v) is 5.81. The summed E-state index contributed by atoms with van der Waals surface area (Å²) < 4.78 is 0. The van der Waals surface area contributed by atoms with Gasteiger partial charge in [-0.25, -0.2) is 0 Å². The van der Waals surface area contributed by atoms with Gasteiger partial charge in [-0.15, -0.1) is 0 Å². The van der Waals surface area contributed by atoms with Crippen LogP contribution in [-0.2, 0) is 0 Å². The Hall–Kier alpha value is -1.02. The zero-order valence-corrected chi connectivity index (χ0v) is 10.9. The van der Waals surface area contributed by atoms with Gasteiger partial charge in [0, 0.05) is 30.2 Å². The van der Waals surface area contributed by atoms with Crippen LogP contribution in [0.25, 0.3) is 0 Å². The zero-order chi connectivity index (χ0) is 11.9. The van der Waals surface area contributed by atoms with E-state index >= 15 is 0 Å². The minimum absolute atomic E-state index is 0.439. The molecule has 92 valence electrons. The van der Waals surface area contributed by atoms with Crippen molar-refractivity contribution in [2.45, 2.75) is 32.2 Å². The van der Waals surface area contributed by atoms with Crippen molar-refractivity contribution < 1.29 is 0 Å². The Balaban J connectivity index is 1.71. The number of hydrogen-bond donors (Lipinski definition) is 1. The first kappa shape index (κ1) is 11.1. The molecular formula is C15H22N2. The average molecular weight is 230 g/mol. The van der Waals surface area contributed by atoms with Crippen molar-refractivity contribution in [3.63, 3.8) is 0 Å². The van der Waals surface area contributed by atoms with Gasteiger partial charge in [-0.3, -0.25) is 0 Å². The molecule has 2 nitrogen and oxygen atoms in total. The van der Waals surface area contributed by atoms with Crippen LogP contribution >= 0.6 is 0 Å². The Labute approximate surface area is 104 Å². The van der Waals surface area contributed by atoms with Crippen molar-refractivity contribution in [2.75, 3.05) is 25.0 Å². The van der Waals surface area contributed by atoms with Crippen LogP contribution in [0.2, 0.25) is 0 Å². The average Bonchev–Trinajstić information content (AvgIpc) is 2.25. The summed E-state index contributed by atoms with van der Waals surface area (Å²) in [5, 5.41) is 3.30. The minimum Gasteiger partial charge on any atom is -0.370 e. The molecule has 1 saturated carbocycles. The van der Waals surface area contributed by atoms with Gasteiger partial charge in [-0.2, -0.15) is 0 Å². The smallest absolute Gasteiger partial charge is 0.0369 e. The lowest BCUT2D eigenvalue weighted by molar-refractivity contribution is 0.0904. The van der Waals surface area contributed by atoms with Crippen molar-refractivity contribution in [1.29, 1.82) is 0 Å². The molecule has 1 aliphatic heterocycles. The van der Waals surface area contributed by atoms with Crippen LogP contribution in [0.3, 0.4) is 0 Å². The summed E-state index contributed by atoms with van der Waals surface area (Å²) in [4.78, 5) is 2.53. The lowest BCUT2D eigenvalue weighted by atomic mass is 9.63. The van der Waals surface area contributed by atoms with E-state index in [-0.39, 0.29) is 0 Å². The number of rotatable bonds is 3. The van der Waals surface area contributed by atoms with E-state index in [4.69, 9.17) is 0 Å². The molecule has 1 spiro atoms. The standard InChI is InChI=1S/C15H22N2/c1-12(16-2)13-5-3-6-14(9-13)17-10-15(11-17)7-4-8-15/h3,5-6,9,12,16H,4,7-8,10-11H2,1-2H3. The number of nitrogens with zero attached hydrogens (tertiary/aromatic N) is 1. The van der Waals surface area contributed by atoms with Gasteiger partial charge in [-0.05, 0) is 44.5 Å².